The van der Waals surface area contributed by atoms with Crippen molar-refractivity contribution in [1.29, 1.82) is 0 Å². The zero-order chi connectivity index (χ0) is 28.9. The predicted octanol–water partition coefficient (Wildman–Crippen LogP) is 7.06. The highest BCUT2D eigenvalue weighted by molar-refractivity contribution is 6.01. The summed E-state index contributed by atoms with van der Waals surface area (Å²) in [7, 11) is 0. The van der Waals surface area contributed by atoms with Crippen LogP contribution in [0.5, 0.6) is 0 Å². The second kappa shape index (κ2) is 12.2. The summed E-state index contributed by atoms with van der Waals surface area (Å²) in [6.45, 7) is 5.63. The van der Waals surface area contributed by atoms with E-state index >= 15 is 0 Å². The molecule has 0 atom stereocenters. The molecule has 0 spiro atoms. The number of halogens is 3. The standard InChI is InChI=1S/C31H31F3N4O2/c1-4-5-18-37(30(40)24-15-11-16-25(19-24)31(32,33)34)20-27(39)35-29-28(23-13-7-6-8-14-23)22(3)36-38(29)26-17-10-9-12-21(26)2/h6-17,19H,4-5,18,20H2,1-3H3,(H,35,39). The van der Waals surface area contributed by atoms with Gasteiger partial charge in [-0.05, 0) is 55.7 Å². The van der Waals surface area contributed by atoms with E-state index in [4.69, 9.17) is 5.10 Å². The summed E-state index contributed by atoms with van der Waals surface area (Å²) in [6, 6.07) is 21.4. The first-order valence-corrected chi connectivity index (χ1v) is 13.1. The fraction of sp³-hybridized carbons (Fsp3) is 0.258. The van der Waals surface area contributed by atoms with Crippen molar-refractivity contribution in [3.63, 3.8) is 0 Å². The highest BCUT2D eigenvalue weighted by Gasteiger charge is 2.31. The molecule has 0 unspecified atom stereocenters. The number of anilines is 1. The van der Waals surface area contributed by atoms with Gasteiger partial charge in [0.2, 0.25) is 5.91 Å². The molecule has 0 aliphatic heterocycles. The third-order valence-corrected chi connectivity index (χ3v) is 6.56. The summed E-state index contributed by atoms with van der Waals surface area (Å²) in [5.41, 5.74) is 3.00. The molecule has 9 heteroatoms. The van der Waals surface area contributed by atoms with Crippen LogP contribution in [0.15, 0.2) is 78.9 Å². The van der Waals surface area contributed by atoms with E-state index in [9.17, 15) is 22.8 Å². The number of aryl methyl sites for hydroxylation is 2. The molecule has 40 heavy (non-hydrogen) atoms. The van der Waals surface area contributed by atoms with Gasteiger partial charge in [-0.2, -0.15) is 18.3 Å². The highest BCUT2D eigenvalue weighted by atomic mass is 19.4. The minimum atomic E-state index is -4.58. The van der Waals surface area contributed by atoms with Gasteiger partial charge >= 0.3 is 6.18 Å². The van der Waals surface area contributed by atoms with Crippen LogP contribution >= 0.6 is 0 Å². The number of unbranched alkanes of at least 4 members (excludes halogenated alkanes) is 1. The SMILES string of the molecule is CCCCN(CC(=O)Nc1c(-c2ccccc2)c(C)nn1-c1ccccc1C)C(=O)c1cccc(C(F)(F)F)c1. The van der Waals surface area contributed by atoms with Gasteiger partial charge in [-0.25, -0.2) is 4.68 Å². The molecule has 1 aromatic heterocycles. The summed E-state index contributed by atoms with van der Waals surface area (Å²) in [4.78, 5) is 28.1. The van der Waals surface area contributed by atoms with E-state index in [0.717, 1.165) is 40.9 Å². The monoisotopic (exact) mass is 548 g/mol. The van der Waals surface area contributed by atoms with Crippen molar-refractivity contribution in [2.45, 2.75) is 39.8 Å². The molecule has 0 aliphatic carbocycles. The predicted molar refractivity (Wildman–Crippen MR) is 149 cm³/mol. The van der Waals surface area contributed by atoms with Gasteiger partial charge in [0, 0.05) is 17.7 Å². The lowest BCUT2D eigenvalue weighted by Crippen LogP contribution is -2.39. The van der Waals surface area contributed by atoms with Gasteiger partial charge in [-0.1, -0.05) is 67.9 Å². The number of alkyl halides is 3. The smallest absolute Gasteiger partial charge is 0.329 e. The fourth-order valence-corrected chi connectivity index (χ4v) is 4.53. The summed E-state index contributed by atoms with van der Waals surface area (Å²) >= 11 is 0. The van der Waals surface area contributed by atoms with Crippen molar-refractivity contribution in [3.05, 3.63) is 101 Å². The molecule has 6 nitrogen and oxygen atoms in total. The average Bonchev–Trinajstić information content (AvgIpc) is 3.25. The number of nitrogens with zero attached hydrogens (tertiary/aromatic N) is 3. The van der Waals surface area contributed by atoms with E-state index in [1.165, 1.54) is 17.0 Å². The van der Waals surface area contributed by atoms with E-state index < -0.39 is 23.6 Å². The maximum Gasteiger partial charge on any atom is 0.416 e. The van der Waals surface area contributed by atoms with E-state index in [1.807, 2.05) is 75.4 Å². The number of nitrogens with one attached hydrogen (secondary N) is 1. The van der Waals surface area contributed by atoms with Crippen LogP contribution in [0.25, 0.3) is 16.8 Å². The number of aromatic nitrogens is 2. The number of benzene rings is 3. The summed E-state index contributed by atoms with van der Waals surface area (Å²) < 4.78 is 41.5. The Bertz CT molecular complexity index is 1500. The minimum absolute atomic E-state index is 0.121. The zero-order valence-electron chi connectivity index (χ0n) is 22.6. The number of carbonyl (C=O) groups excluding carboxylic acids is 2. The topological polar surface area (TPSA) is 67.2 Å². The number of hydrogen-bond acceptors (Lipinski definition) is 3. The molecule has 4 rings (SSSR count). The molecule has 1 heterocycles. The Labute approximate surface area is 231 Å². The van der Waals surface area contributed by atoms with Crippen LogP contribution in [0.2, 0.25) is 0 Å². The quantitative estimate of drug-likeness (QED) is 0.244. The van der Waals surface area contributed by atoms with E-state index in [0.29, 0.717) is 17.9 Å². The lowest BCUT2D eigenvalue weighted by atomic mass is 10.1. The van der Waals surface area contributed by atoms with Crippen molar-refractivity contribution in [3.8, 4) is 16.8 Å². The number of para-hydroxylation sites is 1. The van der Waals surface area contributed by atoms with Crippen molar-refractivity contribution in [2.24, 2.45) is 0 Å². The molecule has 2 amide bonds. The van der Waals surface area contributed by atoms with Crippen LogP contribution in [0.4, 0.5) is 19.0 Å². The molecule has 0 saturated carbocycles. The number of rotatable bonds is 9. The van der Waals surface area contributed by atoms with Gasteiger partial charge in [0.25, 0.3) is 5.91 Å². The Morgan fingerprint density at radius 2 is 1.65 bits per heavy atom. The normalized spacial score (nSPS) is 11.3. The van der Waals surface area contributed by atoms with Crippen molar-refractivity contribution in [1.82, 2.24) is 14.7 Å². The summed E-state index contributed by atoms with van der Waals surface area (Å²) in [6.07, 6.45) is -3.25. The molecule has 0 fully saturated rings. The van der Waals surface area contributed by atoms with Crippen LogP contribution in [0, 0.1) is 13.8 Å². The Morgan fingerprint density at radius 1 is 0.950 bits per heavy atom. The van der Waals surface area contributed by atoms with Crippen LogP contribution < -0.4 is 5.32 Å². The minimum Gasteiger partial charge on any atom is -0.329 e. The summed E-state index contributed by atoms with van der Waals surface area (Å²) in [5, 5.41) is 7.69. The van der Waals surface area contributed by atoms with E-state index in [2.05, 4.69) is 5.32 Å². The van der Waals surface area contributed by atoms with Crippen molar-refractivity contribution >= 4 is 17.6 Å². The molecule has 0 radical (unpaired) electrons. The third-order valence-electron chi connectivity index (χ3n) is 6.56. The van der Waals surface area contributed by atoms with Gasteiger partial charge in [-0.15, -0.1) is 0 Å². The molecule has 0 aliphatic rings. The Kier molecular flexibility index (Phi) is 8.72. The molecule has 4 aromatic rings. The maximum atomic E-state index is 13.5. The van der Waals surface area contributed by atoms with Crippen LogP contribution in [-0.2, 0) is 11.0 Å². The van der Waals surface area contributed by atoms with Gasteiger partial charge in [0.1, 0.15) is 12.4 Å². The summed E-state index contributed by atoms with van der Waals surface area (Å²) in [5.74, 6) is -0.671. The number of amides is 2. The Hall–Kier alpha value is -4.40. The zero-order valence-corrected chi connectivity index (χ0v) is 22.6. The Morgan fingerprint density at radius 3 is 2.33 bits per heavy atom. The second-order valence-electron chi connectivity index (χ2n) is 9.58. The lowest BCUT2D eigenvalue weighted by molar-refractivity contribution is -0.137. The third kappa shape index (κ3) is 6.42. The fourth-order valence-electron chi connectivity index (χ4n) is 4.53. The molecule has 0 saturated heterocycles. The van der Waals surface area contributed by atoms with Crippen LogP contribution in [0.3, 0.4) is 0 Å². The van der Waals surface area contributed by atoms with Crippen molar-refractivity contribution < 1.29 is 22.8 Å². The number of carbonyl (C=O) groups is 2. The number of hydrogen-bond donors (Lipinski definition) is 1. The highest BCUT2D eigenvalue weighted by Crippen LogP contribution is 2.34. The molecule has 3 aromatic carbocycles. The van der Waals surface area contributed by atoms with Crippen molar-refractivity contribution in [2.75, 3.05) is 18.4 Å². The molecule has 1 N–H and O–H groups in total. The molecule has 0 bridgehead atoms. The molecule has 208 valence electrons. The van der Waals surface area contributed by atoms with Gasteiger partial charge in [-0.3, -0.25) is 9.59 Å². The molecular weight excluding hydrogens is 517 g/mol. The van der Waals surface area contributed by atoms with Crippen LogP contribution in [0.1, 0.15) is 46.9 Å². The van der Waals surface area contributed by atoms with Gasteiger partial charge in [0.05, 0.1) is 16.9 Å². The maximum absolute atomic E-state index is 13.5. The van der Waals surface area contributed by atoms with Gasteiger partial charge in [0.15, 0.2) is 0 Å². The van der Waals surface area contributed by atoms with Gasteiger partial charge < -0.3 is 10.2 Å². The van der Waals surface area contributed by atoms with Crippen LogP contribution in [-0.4, -0.2) is 39.6 Å². The molecular formula is C31H31F3N4O2. The van der Waals surface area contributed by atoms with E-state index in [1.54, 1.807) is 4.68 Å². The average molecular weight is 549 g/mol. The largest absolute Gasteiger partial charge is 0.416 e. The first kappa shape index (κ1) is 28.6. The first-order chi connectivity index (χ1) is 19.1. The first-order valence-electron chi connectivity index (χ1n) is 13.1. The second-order valence-corrected chi connectivity index (χ2v) is 9.58. The lowest BCUT2D eigenvalue weighted by Gasteiger charge is -2.23. The Balaban J connectivity index is 1.68. The van der Waals surface area contributed by atoms with E-state index in [-0.39, 0.29) is 18.7 Å².